The molecule has 1 nitrogen and oxygen atoms in total. The van der Waals surface area contributed by atoms with Crippen LogP contribution in [-0.4, -0.2) is 18.0 Å². The van der Waals surface area contributed by atoms with Gasteiger partial charge in [0.25, 0.3) is 0 Å². The molecule has 2 unspecified atom stereocenters. The fourth-order valence-corrected chi connectivity index (χ4v) is 2.93. The fourth-order valence-electron chi connectivity index (χ4n) is 2.93. The highest BCUT2D eigenvalue weighted by atomic mass is 15.2. The van der Waals surface area contributed by atoms with Gasteiger partial charge in [-0.3, -0.25) is 4.90 Å². The molecule has 1 saturated heterocycles. The number of piperidine rings is 1. The predicted molar refractivity (Wildman–Crippen MR) is 67.4 cm³/mol. The molecule has 0 radical (unpaired) electrons. The molecule has 1 saturated carbocycles. The smallest absolute Gasteiger partial charge is 0.0234 e. The molecule has 1 heterocycles. The minimum absolute atomic E-state index is 0.645. The molecule has 16 heavy (non-hydrogen) atoms. The number of nitrogens with zero attached hydrogens (tertiary/aromatic N) is 1. The van der Waals surface area contributed by atoms with E-state index in [-0.39, 0.29) is 0 Å². The van der Waals surface area contributed by atoms with Gasteiger partial charge in [-0.2, -0.15) is 0 Å². The van der Waals surface area contributed by atoms with E-state index in [1.54, 1.807) is 0 Å². The monoisotopic (exact) mass is 215 g/mol. The minimum atomic E-state index is 0.645. The van der Waals surface area contributed by atoms with Gasteiger partial charge >= 0.3 is 0 Å². The first-order valence-electron chi connectivity index (χ1n) is 6.53. The van der Waals surface area contributed by atoms with Crippen LogP contribution in [-0.2, 0) is 6.54 Å². The lowest BCUT2D eigenvalue weighted by Gasteiger charge is -2.18. The van der Waals surface area contributed by atoms with E-state index < -0.39 is 0 Å². The number of fused-ring (bicyclic) bond motifs is 1. The van der Waals surface area contributed by atoms with Gasteiger partial charge < -0.3 is 0 Å². The van der Waals surface area contributed by atoms with Crippen LogP contribution in [0.1, 0.15) is 37.3 Å². The van der Waals surface area contributed by atoms with Gasteiger partial charge in [-0.1, -0.05) is 38.1 Å². The zero-order chi connectivity index (χ0) is 11.1. The second-order valence-corrected chi connectivity index (χ2v) is 5.85. The SMILES string of the molecule is CC(C)c1cccc(CN2CC3CC3C2)c1. The van der Waals surface area contributed by atoms with E-state index in [1.807, 2.05) is 0 Å². The van der Waals surface area contributed by atoms with Crippen LogP contribution < -0.4 is 0 Å². The molecular weight excluding hydrogens is 194 g/mol. The van der Waals surface area contributed by atoms with Gasteiger partial charge in [-0.25, -0.2) is 0 Å². The molecule has 1 aromatic carbocycles. The number of benzene rings is 1. The lowest BCUT2D eigenvalue weighted by molar-refractivity contribution is 0.297. The van der Waals surface area contributed by atoms with Crippen LogP contribution >= 0.6 is 0 Å². The first-order valence-corrected chi connectivity index (χ1v) is 6.53. The number of hydrogen-bond donors (Lipinski definition) is 0. The van der Waals surface area contributed by atoms with Crippen molar-refractivity contribution >= 4 is 0 Å². The van der Waals surface area contributed by atoms with Gasteiger partial charge in [0, 0.05) is 19.6 Å². The van der Waals surface area contributed by atoms with Crippen molar-refractivity contribution in [2.45, 2.75) is 32.7 Å². The topological polar surface area (TPSA) is 3.24 Å². The lowest BCUT2D eigenvalue weighted by Crippen LogP contribution is -2.22. The van der Waals surface area contributed by atoms with E-state index in [2.05, 4.69) is 43.0 Å². The quantitative estimate of drug-likeness (QED) is 0.748. The average Bonchev–Trinajstić information content (AvgIpc) is 2.87. The Morgan fingerprint density at radius 3 is 2.69 bits per heavy atom. The predicted octanol–water partition coefficient (Wildman–Crippen LogP) is 3.26. The zero-order valence-corrected chi connectivity index (χ0v) is 10.3. The highest BCUT2D eigenvalue weighted by Gasteiger charge is 2.44. The van der Waals surface area contributed by atoms with E-state index in [1.165, 1.54) is 30.6 Å². The zero-order valence-electron chi connectivity index (χ0n) is 10.3. The number of hydrogen-bond acceptors (Lipinski definition) is 1. The van der Waals surface area contributed by atoms with Crippen molar-refractivity contribution in [1.29, 1.82) is 0 Å². The molecule has 0 N–H and O–H groups in total. The van der Waals surface area contributed by atoms with Crippen molar-refractivity contribution in [2.75, 3.05) is 13.1 Å². The van der Waals surface area contributed by atoms with E-state index in [4.69, 9.17) is 0 Å². The van der Waals surface area contributed by atoms with E-state index in [9.17, 15) is 0 Å². The molecule has 0 bridgehead atoms. The molecule has 1 aliphatic heterocycles. The summed E-state index contributed by atoms with van der Waals surface area (Å²) in [5, 5.41) is 0. The molecule has 2 fully saturated rings. The molecule has 2 atom stereocenters. The summed E-state index contributed by atoms with van der Waals surface area (Å²) in [6, 6.07) is 9.11. The Morgan fingerprint density at radius 1 is 1.25 bits per heavy atom. The average molecular weight is 215 g/mol. The summed E-state index contributed by atoms with van der Waals surface area (Å²) in [6.45, 7) is 8.38. The molecular formula is C15H21N. The summed E-state index contributed by atoms with van der Waals surface area (Å²) < 4.78 is 0. The second kappa shape index (κ2) is 3.89. The summed E-state index contributed by atoms with van der Waals surface area (Å²) in [5.41, 5.74) is 2.97. The minimum Gasteiger partial charge on any atom is -0.299 e. The standard InChI is InChI=1S/C15H21N/c1-11(2)13-5-3-4-12(6-13)8-16-9-14-7-15(14)10-16/h3-6,11,14-15H,7-10H2,1-2H3. The van der Waals surface area contributed by atoms with Crippen molar-refractivity contribution < 1.29 is 0 Å². The summed E-state index contributed by atoms with van der Waals surface area (Å²) in [6.07, 6.45) is 1.50. The molecule has 3 rings (SSSR count). The van der Waals surface area contributed by atoms with Crippen LogP contribution in [0.2, 0.25) is 0 Å². The Kier molecular flexibility index (Phi) is 2.51. The van der Waals surface area contributed by atoms with Crippen LogP contribution in [0.15, 0.2) is 24.3 Å². The third-order valence-electron chi connectivity index (χ3n) is 4.08. The Labute approximate surface area is 98.5 Å². The molecule has 2 aliphatic rings. The van der Waals surface area contributed by atoms with E-state index >= 15 is 0 Å². The highest BCUT2D eigenvalue weighted by molar-refractivity contribution is 5.25. The van der Waals surface area contributed by atoms with Gasteiger partial charge in [0.1, 0.15) is 0 Å². The molecule has 1 heteroatoms. The van der Waals surface area contributed by atoms with Gasteiger partial charge in [-0.05, 0) is 35.3 Å². The third kappa shape index (κ3) is 2.01. The first kappa shape index (κ1) is 10.3. The third-order valence-corrected chi connectivity index (χ3v) is 4.08. The maximum atomic E-state index is 2.62. The molecule has 0 spiro atoms. The van der Waals surface area contributed by atoms with Crippen LogP contribution in [0.5, 0.6) is 0 Å². The highest BCUT2D eigenvalue weighted by Crippen LogP contribution is 2.45. The summed E-state index contributed by atoms with van der Waals surface area (Å²) >= 11 is 0. The largest absolute Gasteiger partial charge is 0.299 e. The molecule has 0 aromatic heterocycles. The summed E-state index contributed by atoms with van der Waals surface area (Å²) in [4.78, 5) is 2.62. The van der Waals surface area contributed by atoms with E-state index in [0.29, 0.717) is 5.92 Å². The van der Waals surface area contributed by atoms with Crippen molar-refractivity contribution in [3.05, 3.63) is 35.4 Å². The Balaban J connectivity index is 1.67. The van der Waals surface area contributed by atoms with Crippen molar-refractivity contribution in [3.63, 3.8) is 0 Å². The van der Waals surface area contributed by atoms with Gasteiger partial charge in [0.05, 0.1) is 0 Å². The van der Waals surface area contributed by atoms with Gasteiger partial charge in [-0.15, -0.1) is 0 Å². The number of rotatable bonds is 3. The van der Waals surface area contributed by atoms with Crippen LogP contribution in [0, 0.1) is 11.8 Å². The molecule has 1 aromatic rings. The summed E-state index contributed by atoms with van der Waals surface area (Å²) in [5.74, 6) is 2.74. The Morgan fingerprint density at radius 2 is 2.00 bits per heavy atom. The van der Waals surface area contributed by atoms with Gasteiger partial charge in [0.15, 0.2) is 0 Å². The normalized spacial score (nSPS) is 28.4. The first-order chi connectivity index (χ1) is 7.72. The maximum Gasteiger partial charge on any atom is 0.0234 e. The van der Waals surface area contributed by atoms with Crippen molar-refractivity contribution in [1.82, 2.24) is 4.90 Å². The Bertz CT molecular complexity index is 373. The number of likely N-dealkylation sites (tertiary alicyclic amines) is 1. The Hall–Kier alpha value is -0.820. The summed E-state index contributed by atoms with van der Waals surface area (Å²) in [7, 11) is 0. The van der Waals surface area contributed by atoms with Crippen molar-refractivity contribution in [3.8, 4) is 0 Å². The van der Waals surface area contributed by atoms with Crippen LogP contribution in [0.3, 0.4) is 0 Å². The second-order valence-electron chi connectivity index (χ2n) is 5.85. The molecule has 0 amide bonds. The van der Waals surface area contributed by atoms with Crippen LogP contribution in [0.25, 0.3) is 0 Å². The lowest BCUT2D eigenvalue weighted by atomic mass is 10.0. The van der Waals surface area contributed by atoms with E-state index in [0.717, 1.165) is 18.4 Å². The molecule has 1 aliphatic carbocycles. The maximum absolute atomic E-state index is 2.62. The molecule has 86 valence electrons. The van der Waals surface area contributed by atoms with Crippen LogP contribution in [0.4, 0.5) is 0 Å². The fraction of sp³-hybridized carbons (Fsp3) is 0.600. The van der Waals surface area contributed by atoms with Crippen molar-refractivity contribution in [2.24, 2.45) is 11.8 Å². The van der Waals surface area contributed by atoms with Gasteiger partial charge in [0.2, 0.25) is 0 Å².